The summed E-state index contributed by atoms with van der Waals surface area (Å²) in [5, 5.41) is 15.4. The van der Waals surface area contributed by atoms with Crippen LogP contribution in [0.25, 0.3) is 11.1 Å². The molecule has 164 valence electrons. The summed E-state index contributed by atoms with van der Waals surface area (Å²) < 4.78 is 24.2. The van der Waals surface area contributed by atoms with Crippen LogP contribution in [0, 0.1) is 15.9 Å². The van der Waals surface area contributed by atoms with Gasteiger partial charge < -0.3 is 14.8 Å². The number of nitrogens with one attached hydrogen (secondary N) is 2. The maximum atomic E-state index is 13.6. The molecule has 0 aliphatic rings. The van der Waals surface area contributed by atoms with Crippen molar-refractivity contribution in [3.05, 3.63) is 82.7 Å². The zero-order valence-corrected chi connectivity index (χ0v) is 16.8. The van der Waals surface area contributed by atoms with Gasteiger partial charge in [0.1, 0.15) is 17.3 Å². The summed E-state index contributed by atoms with van der Waals surface area (Å²) in [5.41, 5.74) is 0.737. The molecule has 0 unspecified atom stereocenters. The highest BCUT2D eigenvalue weighted by atomic mass is 19.1. The molecule has 0 radical (unpaired) electrons. The summed E-state index contributed by atoms with van der Waals surface area (Å²) in [4.78, 5) is 34.6. The molecule has 32 heavy (non-hydrogen) atoms. The smallest absolute Gasteiger partial charge is 0.326 e. The lowest BCUT2D eigenvalue weighted by Crippen LogP contribution is -2.37. The second-order valence-electron chi connectivity index (χ2n) is 6.44. The van der Waals surface area contributed by atoms with E-state index in [9.17, 15) is 24.1 Å². The van der Waals surface area contributed by atoms with E-state index in [1.807, 2.05) is 5.32 Å². The number of urea groups is 1. The van der Waals surface area contributed by atoms with E-state index in [1.54, 1.807) is 24.3 Å². The van der Waals surface area contributed by atoms with Crippen LogP contribution in [0.4, 0.5) is 20.6 Å². The van der Waals surface area contributed by atoms with Crippen molar-refractivity contribution in [2.75, 3.05) is 19.0 Å². The molecule has 0 atom stereocenters. The number of hydrogen-bond acceptors (Lipinski definition) is 6. The molecular formula is C22H18FN3O6. The number of carbonyl (C=O) groups is 2. The summed E-state index contributed by atoms with van der Waals surface area (Å²) in [6.07, 6.45) is 0. The Morgan fingerprint density at radius 1 is 1.06 bits per heavy atom. The zero-order valence-electron chi connectivity index (χ0n) is 16.8. The minimum absolute atomic E-state index is 0.0871. The Morgan fingerprint density at radius 3 is 2.44 bits per heavy atom. The van der Waals surface area contributed by atoms with E-state index in [4.69, 9.17) is 9.47 Å². The number of nitrogens with zero attached hydrogens (tertiary/aromatic N) is 1. The first-order valence-electron chi connectivity index (χ1n) is 9.28. The number of nitro groups is 1. The number of hydrogen-bond donors (Lipinski definition) is 2. The predicted molar refractivity (Wildman–Crippen MR) is 114 cm³/mol. The highest BCUT2D eigenvalue weighted by Crippen LogP contribution is 2.34. The molecule has 3 aromatic carbocycles. The lowest BCUT2D eigenvalue weighted by Gasteiger charge is -2.12. The van der Waals surface area contributed by atoms with E-state index in [0.717, 1.165) is 6.07 Å². The van der Waals surface area contributed by atoms with Crippen LogP contribution >= 0.6 is 0 Å². The van der Waals surface area contributed by atoms with E-state index < -0.39 is 29.3 Å². The average molecular weight is 439 g/mol. The van der Waals surface area contributed by atoms with Crippen LogP contribution in [-0.4, -0.2) is 30.6 Å². The largest absolute Gasteiger partial charge is 0.497 e. The third-order valence-electron chi connectivity index (χ3n) is 4.31. The monoisotopic (exact) mass is 439 g/mol. The quantitative estimate of drug-likeness (QED) is 0.422. The summed E-state index contributed by atoms with van der Waals surface area (Å²) in [7, 11) is 1.51. The molecule has 10 heteroatoms. The van der Waals surface area contributed by atoms with Gasteiger partial charge in [0, 0.05) is 17.7 Å². The maximum Gasteiger partial charge on any atom is 0.326 e. The van der Waals surface area contributed by atoms with Crippen molar-refractivity contribution in [2.24, 2.45) is 0 Å². The summed E-state index contributed by atoms with van der Waals surface area (Å²) >= 11 is 0. The van der Waals surface area contributed by atoms with Gasteiger partial charge in [-0.1, -0.05) is 24.3 Å². The molecule has 3 aromatic rings. The van der Waals surface area contributed by atoms with Crippen molar-refractivity contribution in [3.8, 4) is 22.6 Å². The van der Waals surface area contributed by atoms with Gasteiger partial charge >= 0.3 is 6.03 Å². The van der Waals surface area contributed by atoms with Gasteiger partial charge in [-0.2, -0.15) is 0 Å². The van der Waals surface area contributed by atoms with Crippen LogP contribution in [0.1, 0.15) is 0 Å². The molecule has 2 N–H and O–H groups in total. The lowest BCUT2D eigenvalue weighted by molar-refractivity contribution is -0.384. The van der Waals surface area contributed by atoms with Gasteiger partial charge in [-0.3, -0.25) is 20.2 Å². The fourth-order valence-electron chi connectivity index (χ4n) is 2.78. The molecule has 3 amide bonds. The second-order valence-corrected chi connectivity index (χ2v) is 6.44. The molecule has 0 aromatic heterocycles. The number of halogens is 1. The number of benzene rings is 3. The van der Waals surface area contributed by atoms with Gasteiger partial charge in [0.05, 0.1) is 17.7 Å². The van der Waals surface area contributed by atoms with Crippen LogP contribution in [0.2, 0.25) is 0 Å². The Balaban J connectivity index is 1.70. The number of imide groups is 1. The Bertz CT molecular complexity index is 1150. The number of anilines is 1. The summed E-state index contributed by atoms with van der Waals surface area (Å²) in [6, 6.07) is 15.2. The fraction of sp³-hybridized carbons (Fsp3) is 0.0909. The van der Waals surface area contributed by atoms with Crippen molar-refractivity contribution in [2.45, 2.75) is 0 Å². The van der Waals surface area contributed by atoms with Crippen molar-refractivity contribution >= 4 is 23.3 Å². The SMILES string of the molecule is COc1ccc(-c2cc([N+](=O)[O-])ccc2OCC(=O)NC(=O)Nc2ccccc2F)cc1. The molecule has 3 rings (SSSR count). The number of carbonyl (C=O) groups excluding carboxylic acids is 2. The van der Waals surface area contributed by atoms with E-state index in [0.29, 0.717) is 16.9 Å². The van der Waals surface area contributed by atoms with Gasteiger partial charge in [0.2, 0.25) is 0 Å². The topological polar surface area (TPSA) is 120 Å². The molecule has 0 fully saturated rings. The van der Waals surface area contributed by atoms with Crippen LogP contribution in [-0.2, 0) is 4.79 Å². The molecule has 9 nitrogen and oxygen atoms in total. The normalized spacial score (nSPS) is 10.2. The Kier molecular flexibility index (Phi) is 6.96. The maximum absolute atomic E-state index is 13.6. The molecular weight excluding hydrogens is 421 g/mol. The zero-order chi connectivity index (χ0) is 23.1. The first-order valence-corrected chi connectivity index (χ1v) is 9.28. The fourth-order valence-corrected chi connectivity index (χ4v) is 2.78. The van der Waals surface area contributed by atoms with E-state index in [1.165, 1.54) is 43.5 Å². The molecule has 0 saturated heterocycles. The molecule has 0 heterocycles. The number of nitro benzene ring substituents is 1. The van der Waals surface area contributed by atoms with Crippen molar-refractivity contribution in [3.63, 3.8) is 0 Å². The Labute approximate surface area is 181 Å². The summed E-state index contributed by atoms with van der Waals surface area (Å²) in [6.45, 7) is -0.550. The van der Waals surface area contributed by atoms with Crippen molar-refractivity contribution < 1.29 is 28.4 Å². The Hall–Kier alpha value is -4.47. The van der Waals surface area contributed by atoms with E-state index in [-0.39, 0.29) is 17.1 Å². The second kappa shape index (κ2) is 10.0. The minimum atomic E-state index is -0.928. The van der Waals surface area contributed by atoms with Crippen molar-refractivity contribution in [1.82, 2.24) is 5.32 Å². The molecule has 0 aliphatic carbocycles. The number of ether oxygens (including phenoxy) is 2. The number of rotatable bonds is 7. The van der Waals surface area contributed by atoms with Crippen LogP contribution in [0.5, 0.6) is 11.5 Å². The third kappa shape index (κ3) is 5.57. The van der Waals surface area contributed by atoms with Crippen LogP contribution < -0.4 is 20.1 Å². The standard InChI is InChI=1S/C22H18FN3O6/c1-31-16-9-6-14(7-10-16)17-12-15(26(29)30)8-11-20(17)32-13-21(27)25-22(28)24-19-5-3-2-4-18(19)23/h2-12H,13H2,1H3,(H2,24,25,27,28). The Morgan fingerprint density at radius 2 is 1.78 bits per heavy atom. The van der Waals surface area contributed by atoms with Crippen LogP contribution in [0.3, 0.4) is 0 Å². The highest BCUT2D eigenvalue weighted by molar-refractivity contribution is 6.01. The average Bonchev–Trinajstić information content (AvgIpc) is 2.79. The van der Waals surface area contributed by atoms with Crippen molar-refractivity contribution in [1.29, 1.82) is 0 Å². The predicted octanol–water partition coefficient (Wildman–Crippen LogP) is 4.14. The lowest BCUT2D eigenvalue weighted by atomic mass is 10.0. The third-order valence-corrected chi connectivity index (χ3v) is 4.31. The number of non-ortho nitro benzene ring substituents is 1. The van der Waals surface area contributed by atoms with Gasteiger partial charge in [-0.15, -0.1) is 0 Å². The van der Waals surface area contributed by atoms with Crippen LogP contribution in [0.15, 0.2) is 66.7 Å². The molecule has 0 aliphatic heterocycles. The number of methoxy groups -OCH3 is 1. The van der Waals surface area contributed by atoms with Gasteiger partial charge in [0.15, 0.2) is 6.61 Å². The van der Waals surface area contributed by atoms with Gasteiger partial charge in [-0.05, 0) is 35.9 Å². The van der Waals surface area contributed by atoms with Gasteiger partial charge in [0.25, 0.3) is 11.6 Å². The van der Waals surface area contributed by atoms with Gasteiger partial charge in [-0.25, -0.2) is 9.18 Å². The van der Waals surface area contributed by atoms with E-state index in [2.05, 4.69) is 5.32 Å². The number of para-hydroxylation sites is 1. The van der Waals surface area contributed by atoms with E-state index >= 15 is 0 Å². The molecule has 0 bridgehead atoms. The minimum Gasteiger partial charge on any atom is -0.497 e. The molecule has 0 spiro atoms. The highest BCUT2D eigenvalue weighted by Gasteiger charge is 2.16. The molecule has 0 saturated carbocycles. The first kappa shape index (κ1) is 22.2. The number of amides is 3. The first-order chi connectivity index (χ1) is 15.4. The summed E-state index contributed by atoms with van der Waals surface area (Å²) in [5.74, 6) is -0.647.